The third kappa shape index (κ3) is 2.86. The van der Waals surface area contributed by atoms with Crippen LogP contribution >= 0.6 is 15.9 Å². The number of fused-ring (bicyclic) bond motifs is 1. The first-order valence-electron chi connectivity index (χ1n) is 7.25. The molecular formula is C19H17BrO2. The number of rotatable bonds is 4. The lowest BCUT2D eigenvalue weighted by molar-refractivity contribution is 0.0600. The predicted octanol–water partition coefficient (Wildman–Crippen LogP) is 4.42. The van der Waals surface area contributed by atoms with Gasteiger partial charge in [-0.1, -0.05) is 57.9 Å². The largest absolute Gasteiger partial charge is 0.465 e. The molecule has 0 heterocycles. The van der Waals surface area contributed by atoms with Crippen molar-refractivity contribution in [3.63, 3.8) is 0 Å². The van der Waals surface area contributed by atoms with E-state index in [0.29, 0.717) is 5.56 Å². The molecule has 0 spiro atoms. The SMILES string of the molecule is COC(=O)c1ccc(CC2=C(CBr)Cc3ccccc32)cc1. The van der Waals surface area contributed by atoms with Crippen LogP contribution in [0.5, 0.6) is 0 Å². The molecule has 0 saturated heterocycles. The molecule has 3 heteroatoms. The predicted molar refractivity (Wildman–Crippen MR) is 92.3 cm³/mol. The Morgan fingerprint density at radius 2 is 1.86 bits per heavy atom. The fourth-order valence-electron chi connectivity index (χ4n) is 2.92. The number of benzene rings is 2. The van der Waals surface area contributed by atoms with Crippen molar-refractivity contribution in [1.29, 1.82) is 0 Å². The molecule has 0 N–H and O–H groups in total. The number of ether oxygens (including phenoxy) is 1. The number of carbonyl (C=O) groups is 1. The molecule has 0 aromatic heterocycles. The minimum absolute atomic E-state index is 0.293. The van der Waals surface area contributed by atoms with Crippen molar-refractivity contribution in [2.75, 3.05) is 12.4 Å². The number of carbonyl (C=O) groups excluding carboxylic acids is 1. The average Bonchev–Trinajstić information content (AvgIpc) is 2.93. The van der Waals surface area contributed by atoms with Crippen LogP contribution in [0.2, 0.25) is 0 Å². The first kappa shape index (κ1) is 15.0. The van der Waals surface area contributed by atoms with E-state index in [1.54, 1.807) is 0 Å². The molecule has 0 radical (unpaired) electrons. The zero-order valence-electron chi connectivity index (χ0n) is 12.4. The zero-order valence-corrected chi connectivity index (χ0v) is 14.0. The number of alkyl halides is 1. The van der Waals surface area contributed by atoms with Crippen LogP contribution in [0.1, 0.15) is 27.0 Å². The Bertz CT molecular complexity index is 729. The van der Waals surface area contributed by atoms with Crippen LogP contribution in [0.25, 0.3) is 5.57 Å². The van der Waals surface area contributed by atoms with Crippen molar-refractivity contribution in [1.82, 2.24) is 0 Å². The molecule has 1 aliphatic rings. The number of hydrogen-bond acceptors (Lipinski definition) is 2. The summed E-state index contributed by atoms with van der Waals surface area (Å²) in [6.07, 6.45) is 1.91. The summed E-state index contributed by atoms with van der Waals surface area (Å²) in [7, 11) is 1.40. The highest BCUT2D eigenvalue weighted by Crippen LogP contribution is 2.35. The fraction of sp³-hybridized carbons (Fsp3) is 0.211. The Kier molecular flexibility index (Phi) is 4.44. The van der Waals surface area contributed by atoms with Crippen molar-refractivity contribution >= 4 is 27.5 Å². The van der Waals surface area contributed by atoms with Crippen LogP contribution in [0, 0.1) is 0 Å². The maximum absolute atomic E-state index is 11.5. The fourth-order valence-corrected chi connectivity index (χ4v) is 3.46. The lowest BCUT2D eigenvalue weighted by atomic mass is 9.97. The summed E-state index contributed by atoms with van der Waals surface area (Å²) in [5.41, 5.74) is 7.40. The van der Waals surface area contributed by atoms with E-state index in [1.807, 2.05) is 24.3 Å². The number of esters is 1. The average molecular weight is 357 g/mol. The van der Waals surface area contributed by atoms with Gasteiger partial charge in [0.1, 0.15) is 0 Å². The lowest BCUT2D eigenvalue weighted by Gasteiger charge is -2.08. The highest BCUT2D eigenvalue weighted by atomic mass is 79.9. The highest BCUT2D eigenvalue weighted by Gasteiger charge is 2.20. The van der Waals surface area contributed by atoms with Gasteiger partial charge in [0.15, 0.2) is 0 Å². The topological polar surface area (TPSA) is 26.3 Å². The van der Waals surface area contributed by atoms with Gasteiger partial charge in [-0.25, -0.2) is 4.79 Å². The van der Waals surface area contributed by atoms with Crippen LogP contribution in [0.3, 0.4) is 0 Å². The van der Waals surface area contributed by atoms with Crippen molar-refractivity contribution in [2.24, 2.45) is 0 Å². The van der Waals surface area contributed by atoms with E-state index < -0.39 is 0 Å². The Balaban J connectivity index is 1.87. The van der Waals surface area contributed by atoms with Crippen LogP contribution in [0.4, 0.5) is 0 Å². The molecule has 0 saturated carbocycles. The summed E-state index contributed by atoms with van der Waals surface area (Å²) >= 11 is 3.61. The van der Waals surface area contributed by atoms with Gasteiger partial charge in [-0.3, -0.25) is 0 Å². The van der Waals surface area contributed by atoms with Gasteiger partial charge in [0.25, 0.3) is 0 Å². The molecule has 0 aliphatic heterocycles. The van der Waals surface area contributed by atoms with E-state index in [-0.39, 0.29) is 5.97 Å². The molecule has 0 amide bonds. The minimum atomic E-state index is -0.293. The monoisotopic (exact) mass is 356 g/mol. The molecule has 0 atom stereocenters. The smallest absolute Gasteiger partial charge is 0.337 e. The third-order valence-electron chi connectivity index (χ3n) is 4.09. The van der Waals surface area contributed by atoms with Crippen LogP contribution in [-0.4, -0.2) is 18.4 Å². The summed E-state index contributed by atoms with van der Waals surface area (Å²) in [6.45, 7) is 0. The van der Waals surface area contributed by atoms with E-state index in [2.05, 4.69) is 40.2 Å². The van der Waals surface area contributed by atoms with Gasteiger partial charge in [-0.2, -0.15) is 0 Å². The number of hydrogen-bond donors (Lipinski definition) is 0. The van der Waals surface area contributed by atoms with Gasteiger partial charge in [-0.15, -0.1) is 0 Å². The number of halogens is 1. The van der Waals surface area contributed by atoms with Gasteiger partial charge in [0.2, 0.25) is 0 Å². The molecule has 2 nitrogen and oxygen atoms in total. The molecule has 2 aromatic rings. The molecule has 112 valence electrons. The van der Waals surface area contributed by atoms with E-state index in [9.17, 15) is 4.79 Å². The minimum Gasteiger partial charge on any atom is -0.465 e. The zero-order chi connectivity index (χ0) is 15.5. The Labute approximate surface area is 138 Å². The maximum Gasteiger partial charge on any atom is 0.337 e. The molecular weight excluding hydrogens is 340 g/mol. The van der Waals surface area contributed by atoms with Gasteiger partial charge in [0, 0.05) is 5.33 Å². The molecule has 0 fully saturated rings. The maximum atomic E-state index is 11.5. The summed E-state index contributed by atoms with van der Waals surface area (Å²) in [5, 5.41) is 0.900. The van der Waals surface area contributed by atoms with Crippen molar-refractivity contribution in [2.45, 2.75) is 12.8 Å². The second-order valence-corrected chi connectivity index (χ2v) is 5.98. The summed E-state index contributed by atoms with van der Waals surface area (Å²) < 4.78 is 4.74. The van der Waals surface area contributed by atoms with Gasteiger partial charge < -0.3 is 4.74 Å². The molecule has 0 bridgehead atoms. The lowest BCUT2D eigenvalue weighted by Crippen LogP contribution is -2.01. The number of methoxy groups -OCH3 is 1. The summed E-state index contributed by atoms with van der Waals surface area (Å²) in [4.78, 5) is 11.5. The van der Waals surface area contributed by atoms with Crippen LogP contribution in [-0.2, 0) is 17.6 Å². The van der Waals surface area contributed by atoms with Crippen LogP contribution < -0.4 is 0 Å². The highest BCUT2D eigenvalue weighted by molar-refractivity contribution is 9.09. The molecule has 1 aliphatic carbocycles. The quantitative estimate of drug-likeness (QED) is 0.598. The van der Waals surface area contributed by atoms with Crippen molar-refractivity contribution < 1.29 is 9.53 Å². The van der Waals surface area contributed by atoms with E-state index >= 15 is 0 Å². The Morgan fingerprint density at radius 1 is 1.14 bits per heavy atom. The van der Waals surface area contributed by atoms with Gasteiger partial charge in [0.05, 0.1) is 12.7 Å². The normalized spacial score (nSPS) is 13.2. The molecule has 22 heavy (non-hydrogen) atoms. The first-order valence-corrected chi connectivity index (χ1v) is 8.37. The third-order valence-corrected chi connectivity index (χ3v) is 4.77. The van der Waals surface area contributed by atoms with Crippen molar-refractivity contribution in [3.8, 4) is 0 Å². The second-order valence-electron chi connectivity index (χ2n) is 5.41. The summed E-state index contributed by atoms with van der Waals surface area (Å²) in [5.74, 6) is -0.293. The Hall–Kier alpha value is -1.87. The Morgan fingerprint density at radius 3 is 2.55 bits per heavy atom. The van der Waals surface area contributed by atoms with E-state index in [1.165, 1.54) is 34.9 Å². The first-order chi connectivity index (χ1) is 10.7. The standard InChI is InChI=1S/C19H17BrO2/c1-22-19(21)14-8-6-13(7-9-14)10-18-16(12-20)11-15-4-2-3-5-17(15)18/h2-9H,10-12H2,1H3. The molecule has 2 aromatic carbocycles. The van der Waals surface area contributed by atoms with E-state index in [0.717, 1.165) is 18.2 Å². The number of allylic oxidation sites excluding steroid dienone is 2. The van der Waals surface area contributed by atoms with E-state index in [4.69, 9.17) is 4.74 Å². The van der Waals surface area contributed by atoms with Crippen LogP contribution in [0.15, 0.2) is 54.1 Å². The van der Waals surface area contributed by atoms with Gasteiger partial charge >= 0.3 is 5.97 Å². The second kappa shape index (κ2) is 6.49. The molecule has 3 rings (SSSR count). The van der Waals surface area contributed by atoms with Gasteiger partial charge in [-0.05, 0) is 47.2 Å². The van der Waals surface area contributed by atoms with Crippen molar-refractivity contribution in [3.05, 3.63) is 76.4 Å². The summed E-state index contributed by atoms with van der Waals surface area (Å²) in [6, 6.07) is 16.3. The molecule has 0 unspecified atom stereocenters.